The van der Waals surface area contributed by atoms with E-state index >= 15 is 0 Å². The van der Waals surface area contributed by atoms with E-state index in [1.807, 2.05) is 30.3 Å². The summed E-state index contributed by atoms with van der Waals surface area (Å²) in [5, 5.41) is 4.10. The van der Waals surface area contributed by atoms with Crippen LogP contribution in [-0.4, -0.2) is 39.9 Å². The number of carbonyl (C=O) groups excluding carboxylic acids is 2. The highest BCUT2D eigenvalue weighted by Gasteiger charge is 2.28. The molecule has 1 aliphatic heterocycles. The van der Waals surface area contributed by atoms with E-state index in [9.17, 15) is 13.8 Å². The van der Waals surface area contributed by atoms with Crippen LogP contribution in [0.25, 0.3) is 6.08 Å². The quantitative estimate of drug-likeness (QED) is 0.834. The van der Waals surface area contributed by atoms with Crippen molar-refractivity contribution in [3.05, 3.63) is 53.5 Å². The summed E-state index contributed by atoms with van der Waals surface area (Å²) in [6.45, 7) is 0.617. The molecule has 122 valence electrons. The van der Waals surface area contributed by atoms with Crippen LogP contribution in [0.15, 0.2) is 47.9 Å². The Morgan fingerprint density at radius 3 is 2.70 bits per heavy atom. The van der Waals surface area contributed by atoms with E-state index in [0.717, 1.165) is 18.4 Å². The van der Waals surface area contributed by atoms with Crippen molar-refractivity contribution < 1.29 is 13.8 Å². The van der Waals surface area contributed by atoms with Gasteiger partial charge < -0.3 is 10.2 Å². The van der Waals surface area contributed by atoms with Crippen molar-refractivity contribution in [2.75, 3.05) is 12.8 Å². The molecule has 1 aromatic rings. The first-order valence-electron chi connectivity index (χ1n) is 7.41. The van der Waals surface area contributed by atoms with E-state index in [1.54, 1.807) is 11.0 Å². The van der Waals surface area contributed by atoms with Crippen LogP contribution in [-0.2, 0) is 20.4 Å². The van der Waals surface area contributed by atoms with Crippen molar-refractivity contribution in [3.8, 4) is 0 Å². The third-order valence-electron chi connectivity index (χ3n) is 3.47. The van der Waals surface area contributed by atoms with Gasteiger partial charge in [0.05, 0.1) is 0 Å². The second-order valence-electron chi connectivity index (χ2n) is 5.24. The van der Waals surface area contributed by atoms with Gasteiger partial charge >= 0.3 is 0 Å². The second kappa shape index (κ2) is 8.43. The fourth-order valence-electron chi connectivity index (χ4n) is 2.38. The Morgan fingerprint density at radius 2 is 2.00 bits per heavy atom. The molecule has 2 amide bonds. The fraction of sp³-hybridized carbons (Fsp3) is 0.294. The Morgan fingerprint density at radius 1 is 1.26 bits per heavy atom. The smallest absolute Gasteiger partial charge is 0.248 e. The molecule has 0 radical (unpaired) electrons. The molecule has 0 unspecified atom stereocenters. The largest absolute Gasteiger partial charge is 0.332 e. The predicted molar refractivity (Wildman–Crippen MR) is 91.6 cm³/mol. The summed E-state index contributed by atoms with van der Waals surface area (Å²) < 4.78 is 10.9. The van der Waals surface area contributed by atoms with E-state index in [2.05, 4.69) is 5.32 Å². The Hall–Kier alpha value is -2.21. The van der Waals surface area contributed by atoms with Crippen LogP contribution in [0.4, 0.5) is 0 Å². The summed E-state index contributed by atoms with van der Waals surface area (Å²) in [6.07, 6.45) is 7.28. The molecule has 0 spiro atoms. The van der Waals surface area contributed by atoms with E-state index in [4.69, 9.17) is 0 Å². The molecule has 23 heavy (non-hydrogen) atoms. The van der Waals surface area contributed by atoms with Crippen LogP contribution in [0.1, 0.15) is 18.4 Å². The van der Waals surface area contributed by atoms with Crippen LogP contribution < -0.4 is 5.32 Å². The summed E-state index contributed by atoms with van der Waals surface area (Å²) >= 11 is 0. The Labute approximate surface area is 138 Å². The SMILES string of the molecule is C[S@@](=O)/C=C/C(=O)N[C@H]1CCCN1C(=O)/C=C/c1ccccc1. The third-order valence-corrected chi connectivity index (χ3v) is 3.99. The summed E-state index contributed by atoms with van der Waals surface area (Å²) in [5.74, 6) is -0.461. The molecular formula is C17H20N2O3S. The average molecular weight is 332 g/mol. The lowest BCUT2D eigenvalue weighted by molar-refractivity contribution is -0.128. The van der Waals surface area contributed by atoms with Crippen LogP contribution in [0.3, 0.4) is 0 Å². The van der Waals surface area contributed by atoms with Crippen molar-refractivity contribution in [1.82, 2.24) is 10.2 Å². The molecule has 0 aliphatic carbocycles. The minimum absolute atomic E-state index is 0.125. The summed E-state index contributed by atoms with van der Waals surface area (Å²) in [6, 6.07) is 9.58. The van der Waals surface area contributed by atoms with Crippen molar-refractivity contribution in [1.29, 1.82) is 0 Å². The summed E-state index contributed by atoms with van der Waals surface area (Å²) in [7, 11) is -1.16. The van der Waals surface area contributed by atoms with Gasteiger partial charge in [-0.15, -0.1) is 0 Å². The minimum Gasteiger partial charge on any atom is -0.332 e. The van der Waals surface area contributed by atoms with Crippen LogP contribution in [0, 0.1) is 0 Å². The number of nitrogens with zero attached hydrogens (tertiary/aromatic N) is 1. The number of hydrogen-bond donors (Lipinski definition) is 1. The topological polar surface area (TPSA) is 66.5 Å². The lowest BCUT2D eigenvalue weighted by atomic mass is 10.2. The zero-order valence-electron chi connectivity index (χ0n) is 13.0. The molecule has 0 bridgehead atoms. The molecule has 1 aromatic carbocycles. The lowest BCUT2D eigenvalue weighted by Crippen LogP contribution is -2.46. The highest BCUT2D eigenvalue weighted by atomic mass is 32.2. The van der Waals surface area contributed by atoms with Gasteiger partial charge in [0, 0.05) is 41.2 Å². The predicted octanol–water partition coefficient (Wildman–Crippen LogP) is 1.66. The summed E-state index contributed by atoms with van der Waals surface area (Å²) in [4.78, 5) is 25.7. The van der Waals surface area contributed by atoms with Gasteiger partial charge in [0.2, 0.25) is 11.8 Å². The first kappa shape index (κ1) is 17.1. The number of carbonyl (C=O) groups is 2. The van der Waals surface area contributed by atoms with Gasteiger partial charge in [0.15, 0.2) is 0 Å². The maximum absolute atomic E-state index is 12.3. The van der Waals surface area contributed by atoms with E-state index in [1.165, 1.54) is 23.8 Å². The number of amides is 2. The molecule has 1 heterocycles. The van der Waals surface area contributed by atoms with E-state index in [-0.39, 0.29) is 18.0 Å². The third kappa shape index (κ3) is 5.49. The van der Waals surface area contributed by atoms with Gasteiger partial charge in [-0.2, -0.15) is 0 Å². The van der Waals surface area contributed by atoms with Crippen LogP contribution >= 0.6 is 0 Å². The fourth-order valence-corrected chi connectivity index (χ4v) is 2.69. The van der Waals surface area contributed by atoms with E-state index < -0.39 is 10.8 Å². The lowest BCUT2D eigenvalue weighted by Gasteiger charge is -2.23. The first-order valence-corrected chi connectivity index (χ1v) is 9.03. The zero-order valence-corrected chi connectivity index (χ0v) is 13.8. The molecule has 5 nitrogen and oxygen atoms in total. The Balaban J connectivity index is 1.95. The highest BCUT2D eigenvalue weighted by Crippen LogP contribution is 2.16. The van der Waals surface area contributed by atoms with Crippen LogP contribution in [0.5, 0.6) is 0 Å². The molecular weight excluding hydrogens is 312 g/mol. The molecule has 0 aromatic heterocycles. The van der Waals surface area contributed by atoms with Crippen molar-refractivity contribution in [3.63, 3.8) is 0 Å². The maximum atomic E-state index is 12.3. The normalized spacial score (nSPS) is 19.3. The number of hydrogen-bond acceptors (Lipinski definition) is 3. The van der Waals surface area contributed by atoms with Gasteiger partial charge in [-0.3, -0.25) is 13.8 Å². The number of likely N-dealkylation sites (tertiary alicyclic amines) is 1. The highest BCUT2D eigenvalue weighted by molar-refractivity contribution is 7.87. The molecule has 1 fully saturated rings. The van der Waals surface area contributed by atoms with Gasteiger partial charge in [-0.05, 0) is 24.5 Å². The second-order valence-corrected chi connectivity index (χ2v) is 6.51. The number of nitrogens with one attached hydrogen (secondary N) is 1. The monoisotopic (exact) mass is 332 g/mol. The standard InChI is InChI=1S/C17H20N2O3S/c1-23(22)13-11-16(20)18-15-8-5-12-19(15)17(21)10-9-14-6-3-2-4-7-14/h2-4,6-7,9-11,13,15H,5,8,12H2,1H3,(H,18,20)/b10-9+,13-11+/t15-,23-/m1/s1. The number of benzene rings is 1. The van der Waals surface area contributed by atoms with Crippen molar-refractivity contribution in [2.45, 2.75) is 19.0 Å². The van der Waals surface area contributed by atoms with Gasteiger partial charge in [0.1, 0.15) is 6.17 Å². The minimum atomic E-state index is -1.16. The maximum Gasteiger partial charge on any atom is 0.248 e. The first-order chi connectivity index (χ1) is 11.1. The van der Waals surface area contributed by atoms with Crippen LogP contribution in [0.2, 0.25) is 0 Å². The van der Waals surface area contributed by atoms with Gasteiger partial charge in [-0.1, -0.05) is 30.3 Å². The number of rotatable bonds is 5. The molecule has 6 heteroatoms. The molecule has 1 saturated heterocycles. The van der Waals surface area contributed by atoms with Crippen molar-refractivity contribution >= 4 is 28.7 Å². The molecule has 2 atom stereocenters. The molecule has 1 aliphatic rings. The summed E-state index contributed by atoms with van der Waals surface area (Å²) in [5.41, 5.74) is 0.953. The molecule has 0 saturated carbocycles. The Kier molecular flexibility index (Phi) is 6.29. The van der Waals surface area contributed by atoms with Gasteiger partial charge in [-0.25, -0.2) is 0 Å². The van der Waals surface area contributed by atoms with E-state index in [0.29, 0.717) is 6.54 Å². The molecule has 2 rings (SSSR count). The van der Waals surface area contributed by atoms with Crippen molar-refractivity contribution in [2.24, 2.45) is 0 Å². The van der Waals surface area contributed by atoms with Gasteiger partial charge in [0.25, 0.3) is 0 Å². The Bertz CT molecular complexity index is 640. The average Bonchev–Trinajstić information content (AvgIpc) is 3.00. The zero-order chi connectivity index (χ0) is 16.7. The molecule has 1 N–H and O–H groups in total.